The summed E-state index contributed by atoms with van der Waals surface area (Å²) in [5, 5.41) is 0. The molecule has 1 aliphatic carbocycles. The largest absolute Gasteiger partial charge is 0.416 e. The molecule has 0 atom stereocenters. The van der Waals surface area contributed by atoms with Crippen LogP contribution in [0.5, 0.6) is 0 Å². The second kappa shape index (κ2) is 6.12. The van der Waals surface area contributed by atoms with Crippen LogP contribution in [0.2, 0.25) is 0 Å². The zero-order chi connectivity index (χ0) is 15.6. The summed E-state index contributed by atoms with van der Waals surface area (Å²) in [5.41, 5.74) is 4.86. The van der Waals surface area contributed by atoms with Crippen LogP contribution in [-0.2, 0) is 6.18 Å². The van der Waals surface area contributed by atoms with E-state index in [0.29, 0.717) is 18.3 Å². The molecule has 118 valence electrons. The molecule has 0 spiro atoms. The number of pyridine rings is 1. The van der Waals surface area contributed by atoms with Gasteiger partial charge >= 0.3 is 6.18 Å². The van der Waals surface area contributed by atoms with Crippen molar-refractivity contribution in [1.29, 1.82) is 0 Å². The maximum absolute atomic E-state index is 12.9. The third kappa shape index (κ3) is 4.02. The smallest absolute Gasteiger partial charge is 0.384 e. The minimum absolute atomic E-state index is 0.0772. The molecule has 1 aromatic rings. The molecule has 2 N–H and O–H groups in total. The molecule has 2 rings (SSSR count). The SMILES string of the molecule is CC(C)CN(c1cc(C(F)(F)F)cc(N)n1)C1CCCC1. The highest BCUT2D eigenvalue weighted by Crippen LogP contribution is 2.34. The van der Waals surface area contributed by atoms with Crippen LogP contribution in [0.4, 0.5) is 24.8 Å². The van der Waals surface area contributed by atoms with Gasteiger partial charge in [-0.1, -0.05) is 26.7 Å². The Morgan fingerprint density at radius 1 is 1.29 bits per heavy atom. The van der Waals surface area contributed by atoms with Gasteiger partial charge in [0.1, 0.15) is 11.6 Å². The highest BCUT2D eigenvalue weighted by atomic mass is 19.4. The molecule has 1 fully saturated rings. The van der Waals surface area contributed by atoms with E-state index in [2.05, 4.69) is 18.8 Å². The summed E-state index contributed by atoms with van der Waals surface area (Å²) in [6.45, 7) is 4.80. The molecule has 0 bridgehead atoms. The Kier molecular flexibility index (Phi) is 4.64. The van der Waals surface area contributed by atoms with E-state index in [4.69, 9.17) is 5.73 Å². The van der Waals surface area contributed by atoms with Gasteiger partial charge in [-0.25, -0.2) is 4.98 Å². The molecule has 0 aliphatic heterocycles. The standard InChI is InChI=1S/C15H22F3N3/c1-10(2)9-21(12-5-3-4-6-12)14-8-11(15(16,17)18)7-13(19)20-14/h7-8,10,12H,3-6,9H2,1-2H3,(H2,19,20). The highest BCUT2D eigenvalue weighted by Gasteiger charge is 2.33. The summed E-state index contributed by atoms with van der Waals surface area (Å²) < 4.78 is 38.8. The average Bonchev–Trinajstić information content (AvgIpc) is 2.87. The lowest BCUT2D eigenvalue weighted by molar-refractivity contribution is -0.137. The molecule has 1 aliphatic rings. The maximum Gasteiger partial charge on any atom is 0.416 e. The van der Waals surface area contributed by atoms with Gasteiger partial charge in [0.25, 0.3) is 0 Å². The number of nitrogen functional groups attached to an aromatic ring is 1. The number of hydrogen-bond donors (Lipinski definition) is 1. The van der Waals surface area contributed by atoms with E-state index >= 15 is 0 Å². The van der Waals surface area contributed by atoms with Gasteiger partial charge in [-0.05, 0) is 30.9 Å². The Hall–Kier alpha value is -1.46. The lowest BCUT2D eigenvalue weighted by Crippen LogP contribution is -2.37. The first kappa shape index (κ1) is 15.9. The fraction of sp³-hybridized carbons (Fsp3) is 0.667. The van der Waals surface area contributed by atoms with E-state index in [1.54, 1.807) is 0 Å². The molecule has 0 saturated heterocycles. The van der Waals surface area contributed by atoms with Crippen molar-refractivity contribution in [2.45, 2.75) is 51.7 Å². The molecule has 0 unspecified atom stereocenters. The number of nitrogens with two attached hydrogens (primary N) is 1. The van der Waals surface area contributed by atoms with Crippen LogP contribution in [-0.4, -0.2) is 17.6 Å². The molecule has 21 heavy (non-hydrogen) atoms. The first-order valence-electron chi connectivity index (χ1n) is 7.39. The third-order valence-corrected chi connectivity index (χ3v) is 3.78. The number of alkyl halides is 3. The zero-order valence-electron chi connectivity index (χ0n) is 12.5. The summed E-state index contributed by atoms with van der Waals surface area (Å²) in [6.07, 6.45) is -0.151. The molecule has 1 saturated carbocycles. The van der Waals surface area contributed by atoms with E-state index in [1.807, 2.05) is 4.90 Å². The molecule has 6 heteroatoms. The van der Waals surface area contributed by atoms with E-state index in [9.17, 15) is 13.2 Å². The van der Waals surface area contributed by atoms with Gasteiger partial charge in [0.15, 0.2) is 0 Å². The average molecular weight is 301 g/mol. The quantitative estimate of drug-likeness (QED) is 0.911. The molecular weight excluding hydrogens is 279 g/mol. The van der Waals surface area contributed by atoms with Crippen LogP contribution in [0.1, 0.15) is 45.1 Å². The maximum atomic E-state index is 12.9. The molecule has 1 heterocycles. The molecule has 0 radical (unpaired) electrons. The van der Waals surface area contributed by atoms with Crippen molar-refractivity contribution in [3.05, 3.63) is 17.7 Å². The number of nitrogens with zero attached hydrogens (tertiary/aromatic N) is 2. The predicted octanol–water partition coefficient (Wildman–Crippen LogP) is 4.09. The Balaban J connectivity index is 2.36. The topological polar surface area (TPSA) is 42.1 Å². The van der Waals surface area contributed by atoms with Gasteiger partial charge in [0.05, 0.1) is 5.56 Å². The molecule has 0 amide bonds. The normalized spacial score (nSPS) is 16.7. The van der Waals surface area contributed by atoms with Crippen molar-refractivity contribution in [2.75, 3.05) is 17.2 Å². The van der Waals surface area contributed by atoms with Crippen molar-refractivity contribution in [2.24, 2.45) is 5.92 Å². The van der Waals surface area contributed by atoms with E-state index in [1.165, 1.54) is 0 Å². The Bertz CT molecular complexity index is 480. The summed E-state index contributed by atoms with van der Waals surface area (Å²) in [6, 6.07) is 2.28. The number of aromatic nitrogens is 1. The van der Waals surface area contributed by atoms with Gasteiger partial charge in [-0.3, -0.25) is 0 Å². The van der Waals surface area contributed by atoms with E-state index in [-0.39, 0.29) is 11.9 Å². The summed E-state index contributed by atoms with van der Waals surface area (Å²) in [7, 11) is 0. The Morgan fingerprint density at radius 3 is 2.43 bits per heavy atom. The predicted molar refractivity (Wildman–Crippen MR) is 78.1 cm³/mol. The monoisotopic (exact) mass is 301 g/mol. The summed E-state index contributed by atoms with van der Waals surface area (Å²) >= 11 is 0. The Morgan fingerprint density at radius 2 is 1.90 bits per heavy atom. The van der Waals surface area contributed by atoms with E-state index < -0.39 is 11.7 Å². The fourth-order valence-electron chi connectivity index (χ4n) is 2.89. The minimum atomic E-state index is -4.40. The van der Waals surface area contributed by atoms with E-state index in [0.717, 1.165) is 37.8 Å². The first-order chi connectivity index (χ1) is 9.77. The van der Waals surface area contributed by atoms with Crippen LogP contribution < -0.4 is 10.6 Å². The van der Waals surface area contributed by atoms with Crippen molar-refractivity contribution in [1.82, 2.24) is 4.98 Å². The number of rotatable bonds is 4. The first-order valence-corrected chi connectivity index (χ1v) is 7.39. The number of hydrogen-bond acceptors (Lipinski definition) is 3. The second-order valence-corrected chi connectivity index (χ2v) is 6.12. The van der Waals surface area contributed by atoms with Crippen LogP contribution in [0, 0.1) is 5.92 Å². The van der Waals surface area contributed by atoms with Crippen LogP contribution in [0.15, 0.2) is 12.1 Å². The molecule has 0 aromatic carbocycles. The lowest BCUT2D eigenvalue weighted by Gasteiger charge is -2.32. The Labute approximate surface area is 123 Å². The summed E-state index contributed by atoms with van der Waals surface area (Å²) in [4.78, 5) is 6.15. The van der Waals surface area contributed by atoms with Crippen molar-refractivity contribution in [3.8, 4) is 0 Å². The van der Waals surface area contributed by atoms with Crippen LogP contribution >= 0.6 is 0 Å². The van der Waals surface area contributed by atoms with Gasteiger partial charge in [0, 0.05) is 12.6 Å². The van der Waals surface area contributed by atoms with Gasteiger partial charge < -0.3 is 10.6 Å². The van der Waals surface area contributed by atoms with Gasteiger partial charge in [-0.2, -0.15) is 13.2 Å². The minimum Gasteiger partial charge on any atom is -0.384 e. The zero-order valence-corrected chi connectivity index (χ0v) is 12.5. The van der Waals surface area contributed by atoms with Crippen molar-refractivity contribution < 1.29 is 13.2 Å². The van der Waals surface area contributed by atoms with Gasteiger partial charge in [0.2, 0.25) is 0 Å². The molecule has 1 aromatic heterocycles. The van der Waals surface area contributed by atoms with Crippen LogP contribution in [0.3, 0.4) is 0 Å². The van der Waals surface area contributed by atoms with Crippen molar-refractivity contribution in [3.63, 3.8) is 0 Å². The second-order valence-electron chi connectivity index (χ2n) is 6.12. The van der Waals surface area contributed by atoms with Gasteiger partial charge in [-0.15, -0.1) is 0 Å². The fourth-order valence-corrected chi connectivity index (χ4v) is 2.89. The highest BCUT2D eigenvalue weighted by molar-refractivity contribution is 5.50. The number of anilines is 2. The molecular formula is C15H22F3N3. The van der Waals surface area contributed by atoms with Crippen molar-refractivity contribution >= 4 is 11.6 Å². The lowest BCUT2D eigenvalue weighted by atomic mass is 10.1. The van der Waals surface area contributed by atoms with Crippen LogP contribution in [0.25, 0.3) is 0 Å². The molecule has 3 nitrogen and oxygen atoms in total. The summed E-state index contributed by atoms with van der Waals surface area (Å²) in [5.74, 6) is 0.623. The number of halogens is 3. The third-order valence-electron chi connectivity index (χ3n) is 3.78.